The SMILES string of the molecule is O=S(=O)(Cl)CCc1ccc(F)cc1Cl. The molecule has 0 aliphatic rings. The summed E-state index contributed by atoms with van der Waals surface area (Å²) in [5.74, 6) is -0.660. The van der Waals surface area contributed by atoms with Crippen LogP contribution in [0.4, 0.5) is 4.39 Å². The molecule has 0 spiro atoms. The van der Waals surface area contributed by atoms with Crippen LogP contribution in [0.2, 0.25) is 5.02 Å². The van der Waals surface area contributed by atoms with E-state index in [-0.39, 0.29) is 17.2 Å². The van der Waals surface area contributed by atoms with E-state index in [1.54, 1.807) is 0 Å². The molecule has 2 nitrogen and oxygen atoms in total. The molecule has 0 saturated heterocycles. The van der Waals surface area contributed by atoms with Gasteiger partial charge in [0, 0.05) is 15.7 Å². The zero-order valence-electron chi connectivity index (χ0n) is 7.00. The topological polar surface area (TPSA) is 34.1 Å². The average molecular weight is 257 g/mol. The van der Waals surface area contributed by atoms with Crippen molar-refractivity contribution in [2.75, 3.05) is 5.75 Å². The highest BCUT2D eigenvalue weighted by molar-refractivity contribution is 8.13. The van der Waals surface area contributed by atoms with Gasteiger partial charge in [-0.2, -0.15) is 0 Å². The highest BCUT2D eigenvalue weighted by Gasteiger charge is 2.08. The molecular formula is C8H7Cl2FO2S. The van der Waals surface area contributed by atoms with E-state index in [2.05, 4.69) is 0 Å². The quantitative estimate of drug-likeness (QED) is 0.780. The Morgan fingerprint density at radius 2 is 2.00 bits per heavy atom. The molecule has 0 saturated carbocycles. The van der Waals surface area contributed by atoms with E-state index in [1.807, 2.05) is 0 Å². The summed E-state index contributed by atoms with van der Waals surface area (Å²) in [5, 5.41) is 0.213. The summed E-state index contributed by atoms with van der Waals surface area (Å²) in [6.07, 6.45) is 0.185. The van der Waals surface area contributed by atoms with Gasteiger partial charge in [0.1, 0.15) is 5.82 Å². The van der Waals surface area contributed by atoms with Gasteiger partial charge in [-0.3, -0.25) is 0 Å². The molecule has 0 aliphatic carbocycles. The van der Waals surface area contributed by atoms with E-state index in [1.165, 1.54) is 12.1 Å². The van der Waals surface area contributed by atoms with Gasteiger partial charge in [-0.25, -0.2) is 12.8 Å². The minimum Gasteiger partial charge on any atom is -0.212 e. The average Bonchev–Trinajstić information content (AvgIpc) is 2.00. The molecule has 0 fully saturated rings. The van der Waals surface area contributed by atoms with Gasteiger partial charge in [0.15, 0.2) is 0 Å². The van der Waals surface area contributed by atoms with Gasteiger partial charge >= 0.3 is 0 Å². The lowest BCUT2D eigenvalue weighted by molar-refractivity contribution is 0.609. The fraction of sp³-hybridized carbons (Fsp3) is 0.250. The fourth-order valence-corrected chi connectivity index (χ4v) is 1.91. The summed E-state index contributed by atoms with van der Waals surface area (Å²) >= 11 is 5.68. The molecule has 0 N–H and O–H groups in total. The van der Waals surface area contributed by atoms with Gasteiger partial charge in [-0.1, -0.05) is 17.7 Å². The van der Waals surface area contributed by atoms with E-state index >= 15 is 0 Å². The molecule has 14 heavy (non-hydrogen) atoms. The Hall–Kier alpha value is -0.320. The maximum absolute atomic E-state index is 12.6. The van der Waals surface area contributed by atoms with Crippen molar-refractivity contribution in [3.05, 3.63) is 34.6 Å². The van der Waals surface area contributed by atoms with Crippen molar-refractivity contribution in [3.63, 3.8) is 0 Å². The zero-order chi connectivity index (χ0) is 10.8. The molecular weight excluding hydrogens is 250 g/mol. The third kappa shape index (κ3) is 3.82. The highest BCUT2D eigenvalue weighted by Crippen LogP contribution is 2.18. The Bertz CT molecular complexity index is 431. The fourth-order valence-electron chi connectivity index (χ4n) is 0.956. The van der Waals surface area contributed by atoms with Crippen molar-refractivity contribution in [2.24, 2.45) is 0 Å². The minimum atomic E-state index is -3.53. The Balaban J connectivity index is 2.78. The first-order chi connectivity index (χ1) is 6.38. The van der Waals surface area contributed by atoms with Crippen LogP contribution < -0.4 is 0 Å². The maximum Gasteiger partial charge on any atom is 0.232 e. The summed E-state index contributed by atoms with van der Waals surface area (Å²) in [7, 11) is 1.49. The molecule has 0 amide bonds. The van der Waals surface area contributed by atoms with Gasteiger partial charge in [-0.15, -0.1) is 0 Å². The van der Waals surface area contributed by atoms with Crippen LogP contribution in [0.25, 0.3) is 0 Å². The normalized spacial score (nSPS) is 11.6. The van der Waals surface area contributed by atoms with E-state index in [0.29, 0.717) is 5.56 Å². The standard InChI is InChI=1S/C8H7Cl2FO2S/c9-8-5-7(11)2-1-6(8)3-4-14(10,12)13/h1-2,5H,3-4H2. The lowest BCUT2D eigenvalue weighted by atomic mass is 10.2. The molecule has 0 aromatic heterocycles. The molecule has 0 aliphatic heterocycles. The molecule has 1 aromatic carbocycles. The van der Waals surface area contributed by atoms with E-state index < -0.39 is 14.9 Å². The third-order valence-electron chi connectivity index (χ3n) is 1.63. The van der Waals surface area contributed by atoms with Gasteiger partial charge in [-0.05, 0) is 24.1 Å². The van der Waals surface area contributed by atoms with Crippen molar-refractivity contribution in [3.8, 4) is 0 Å². The first-order valence-corrected chi connectivity index (χ1v) is 6.60. The summed E-state index contributed by atoms with van der Waals surface area (Å²) in [6.45, 7) is 0. The number of hydrogen-bond acceptors (Lipinski definition) is 2. The summed E-state index contributed by atoms with van der Waals surface area (Å²) in [5.41, 5.74) is 0.567. The van der Waals surface area contributed by atoms with E-state index in [9.17, 15) is 12.8 Å². The Kier molecular flexibility index (Phi) is 3.75. The molecule has 78 valence electrons. The van der Waals surface area contributed by atoms with E-state index in [4.69, 9.17) is 22.3 Å². The van der Waals surface area contributed by atoms with E-state index in [0.717, 1.165) is 6.07 Å². The number of rotatable bonds is 3. The first-order valence-electron chi connectivity index (χ1n) is 3.75. The minimum absolute atomic E-state index is 0.185. The van der Waals surface area contributed by atoms with Crippen LogP contribution in [0.15, 0.2) is 18.2 Å². The van der Waals surface area contributed by atoms with Crippen molar-refractivity contribution < 1.29 is 12.8 Å². The molecule has 0 radical (unpaired) electrons. The number of hydrogen-bond donors (Lipinski definition) is 0. The summed E-state index contributed by atoms with van der Waals surface area (Å²) < 4.78 is 33.9. The third-order valence-corrected chi connectivity index (χ3v) is 3.14. The van der Waals surface area contributed by atoms with Crippen LogP contribution in [0.3, 0.4) is 0 Å². The predicted molar refractivity (Wildman–Crippen MR) is 54.8 cm³/mol. The molecule has 6 heteroatoms. The second-order valence-electron chi connectivity index (χ2n) is 2.73. The van der Waals surface area contributed by atoms with Crippen molar-refractivity contribution >= 4 is 31.3 Å². The van der Waals surface area contributed by atoms with Gasteiger partial charge in [0.2, 0.25) is 9.05 Å². The molecule has 1 aromatic rings. The van der Waals surface area contributed by atoms with Crippen LogP contribution in [0.5, 0.6) is 0 Å². The Labute approximate surface area is 91.1 Å². The van der Waals surface area contributed by atoms with Crippen LogP contribution in [-0.4, -0.2) is 14.2 Å². The lowest BCUT2D eigenvalue weighted by Crippen LogP contribution is -2.01. The summed E-state index contributed by atoms with van der Waals surface area (Å²) in [4.78, 5) is 0. The predicted octanol–water partition coefficient (Wildman–Crippen LogP) is 2.59. The second-order valence-corrected chi connectivity index (χ2v) is 6.03. The van der Waals surface area contributed by atoms with Crippen LogP contribution in [-0.2, 0) is 15.5 Å². The van der Waals surface area contributed by atoms with Gasteiger partial charge < -0.3 is 0 Å². The zero-order valence-corrected chi connectivity index (χ0v) is 9.33. The molecule has 0 atom stereocenters. The molecule has 0 unspecified atom stereocenters. The number of aryl methyl sites for hydroxylation is 1. The smallest absolute Gasteiger partial charge is 0.212 e. The summed E-state index contributed by atoms with van der Waals surface area (Å²) in [6, 6.07) is 3.81. The van der Waals surface area contributed by atoms with Gasteiger partial charge in [0.05, 0.1) is 5.75 Å². The maximum atomic E-state index is 12.6. The Morgan fingerprint density at radius 1 is 1.36 bits per heavy atom. The molecule has 0 bridgehead atoms. The van der Waals surface area contributed by atoms with Crippen molar-refractivity contribution in [1.82, 2.24) is 0 Å². The number of halogens is 3. The lowest BCUT2D eigenvalue weighted by Gasteiger charge is -2.01. The second kappa shape index (κ2) is 4.47. The van der Waals surface area contributed by atoms with Gasteiger partial charge in [0.25, 0.3) is 0 Å². The highest BCUT2D eigenvalue weighted by atomic mass is 35.7. The van der Waals surface area contributed by atoms with Crippen molar-refractivity contribution in [1.29, 1.82) is 0 Å². The largest absolute Gasteiger partial charge is 0.232 e. The first kappa shape index (κ1) is 11.8. The van der Waals surface area contributed by atoms with Crippen LogP contribution in [0, 0.1) is 5.82 Å². The van der Waals surface area contributed by atoms with Crippen LogP contribution in [0.1, 0.15) is 5.56 Å². The number of benzene rings is 1. The molecule has 0 heterocycles. The van der Waals surface area contributed by atoms with Crippen LogP contribution >= 0.6 is 22.3 Å². The monoisotopic (exact) mass is 256 g/mol. The Morgan fingerprint density at radius 3 is 2.50 bits per heavy atom. The van der Waals surface area contributed by atoms with Crippen molar-refractivity contribution in [2.45, 2.75) is 6.42 Å². The molecule has 1 rings (SSSR count).